The predicted octanol–water partition coefficient (Wildman–Crippen LogP) is 4.75. The molecule has 3 aromatic carbocycles. The summed E-state index contributed by atoms with van der Waals surface area (Å²) in [6.07, 6.45) is 1.28. The van der Waals surface area contributed by atoms with Crippen molar-refractivity contribution in [1.29, 1.82) is 0 Å². The third kappa shape index (κ3) is 6.51. The zero-order valence-corrected chi connectivity index (χ0v) is 15.2. The van der Waals surface area contributed by atoms with Crippen LogP contribution in [0.3, 0.4) is 0 Å². The molecule has 27 heavy (non-hydrogen) atoms. The maximum atomic E-state index is 12.0. The number of carbonyl (C=O) groups excluding carboxylic acids is 1. The van der Waals surface area contributed by atoms with Crippen LogP contribution < -0.4 is 15.4 Å². The predicted molar refractivity (Wildman–Crippen MR) is 110 cm³/mol. The first kappa shape index (κ1) is 18.5. The van der Waals surface area contributed by atoms with E-state index in [1.165, 1.54) is 5.56 Å². The third-order valence-corrected chi connectivity index (χ3v) is 4.10. The zero-order valence-electron chi connectivity index (χ0n) is 15.2. The molecule has 0 bridgehead atoms. The summed E-state index contributed by atoms with van der Waals surface area (Å²) in [4.78, 5) is 12.0. The fourth-order valence-corrected chi connectivity index (χ4v) is 2.67. The van der Waals surface area contributed by atoms with Crippen LogP contribution >= 0.6 is 0 Å². The average Bonchev–Trinajstić information content (AvgIpc) is 2.71. The van der Waals surface area contributed by atoms with Gasteiger partial charge in [0, 0.05) is 17.9 Å². The lowest BCUT2D eigenvalue weighted by atomic mass is 10.1. The summed E-state index contributed by atoms with van der Waals surface area (Å²) in [7, 11) is 0. The number of rotatable bonds is 9. The topological polar surface area (TPSA) is 50.4 Å². The van der Waals surface area contributed by atoms with E-state index in [4.69, 9.17) is 4.74 Å². The van der Waals surface area contributed by atoms with E-state index in [-0.39, 0.29) is 5.91 Å². The van der Waals surface area contributed by atoms with Crippen LogP contribution in [0.5, 0.6) is 5.75 Å². The Bertz CT molecular complexity index is 818. The number of nitrogens with one attached hydrogen (secondary N) is 2. The van der Waals surface area contributed by atoms with E-state index < -0.39 is 0 Å². The highest BCUT2D eigenvalue weighted by Gasteiger charge is 2.03. The second kappa shape index (κ2) is 10.0. The lowest BCUT2D eigenvalue weighted by molar-refractivity contribution is -0.116. The number of amides is 1. The van der Waals surface area contributed by atoms with Gasteiger partial charge in [-0.3, -0.25) is 4.79 Å². The quantitative estimate of drug-likeness (QED) is 0.579. The van der Waals surface area contributed by atoms with Crippen molar-refractivity contribution in [2.45, 2.75) is 12.8 Å². The van der Waals surface area contributed by atoms with E-state index in [9.17, 15) is 4.79 Å². The Balaban J connectivity index is 1.37. The molecule has 3 aromatic rings. The molecule has 0 aromatic heterocycles. The Morgan fingerprint density at radius 2 is 1.41 bits per heavy atom. The summed E-state index contributed by atoms with van der Waals surface area (Å²) < 4.78 is 5.54. The van der Waals surface area contributed by atoms with Gasteiger partial charge in [-0.2, -0.15) is 0 Å². The van der Waals surface area contributed by atoms with Gasteiger partial charge in [0.15, 0.2) is 0 Å². The Kier molecular flexibility index (Phi) is 6.87. The fourth-order valence-electron chi connectivity index (χ4n) is 2.67. The van der Waals surface area contributed by atoms with Gasteiger partial charge in [0.05, 0.1) is 13.0 Å². The maximum absolute atomic E-state index is 12.0. The van der Waals surface area contributed by atoms with Crippen molar-refractivity contribution in [3.8, 4) is 5.75 Å². The molecule has 0 aliphatic carbocycles. The van der Waals surface area contributed by atoms with Crippen molar-refractivity contribution >= 4 is 17.3 Å². The highest BCUT2D eigenvalue weighted by atomic mass is 16.5. The summed E-state index contributed by atoms with van der Waals surface area (Å²) >= 11 is 0. The molecular weight excluding hydrogens is 336 g/mol. The van der Waals surface area contributed by atoms with E-state index in [1.54, 1.807) is 0 Å². The standard InChI is InChI=1S/C23H24N2O2/c26-23(16-18-27-22-9-5-2-6-10-22)25-21-13-11-20(12-14-21)24-17-15-19-7-3-1-4-8-19/h1-14,24H,15-18H2,(H,25,26). The SMILES string of the molecule is O=C(CCOc1ccccc1)Nc1ccc(NCCc2ccccc2)cc1. The molecular formula is C23H24N2O2. The van der Waals surface area contributed by atoms with Crippen LogP contribution in [0.15, 0.2) is 84.9 Å². The number of hydrogen-bond donors (Lipinski definition) is 2. The number of hydrogen-bond acceptors (Lipinski definition) is 3. The second-order valence-corrected chi connectivity index (χ2v) is 6.20. The lowest BCUT2D eigenvalue weighted by Gasteiger charge is -2.09. The summed E-state index contributed by atoms with van der Waals surface area (Å²) in [6.45, 7) is 1.22. The van der Waals surface area contributed by atoms with E-state index in [1.807, 2.05) is 60.7 Å². The minimum absolute atomic E-state index is 0.0595. The molecule has 0 saturated carbocycles. The third-order valence-electron chi connectivity index (χ3n) is 4.10. The van der Waals surface area contributed by atoms with Crippen LogP contribution in [0.1, 0.15) is 12.0 Å². The van der Waals surface area contributed by atoms with Gasteiger partial charge >= 0.3 is 0 Å². The van der Waals surface area contributed by atoms with Crippen LogP contribution in [0.2, 0.25) is 0 Å². The van der Waals surface area contributed by atoms with Crippen molar-refractivity contribution in [2.75, 3.05) is 23.8 Å². The van der Waals surface area contributed by atoms with Gasteiger partial charge < -0.3 is 15.4 Å². The molecule has 0 spiro atoms. The van der Waals surface area contributed by atoms with E-state index in [0.29, 0.717) is 13.0 Å². The van der Waals surface area contributed by atoms with Crippen LogP contribution in [0, 0.1) is 0 Å². The number of benzene rings is 3. The minimum atomic E-state index is -0.0595. The normalized spacial score (nSPS) is 10.2. The summed E-state index contributed by atoms with van der Waals surface area (Å²) in [5, 5.41) is 6.28. The summed E-state index contributed by atoms with van der Waals surface area (Å²) in [5.74, 6) is 0.715. The molecule has 0 aliphatic rings. The smallest absolute Gasteiger partial charge is 0.227 e. The van der Waals surface area contributed by atoms with Gasteiger partial charge in [0.25, 0.3) is 0 Å². The Morgan fingerprint density at radius 3 is 2.11 bits per heavy atom. The first-order chi connectivity index (χ1) is 13.3. The molecule has 0 radical (unpaired) electrons. The zero-order chi connectivity index (χ0) is 18.7. The Hall–Kier alpha value is -3.27. The molecule has 0 saturated heterocycles. The molecule has 0 fully saturated rings. The molecule has 3 rings (SSSR count). The molecule has 0 aliphatic heterocycles. The number of anilines is 2. The highest BCUT2D eigenvalue weighted by molar-refractivity contribution is 5.90. The van der Waals surface area contributed by atoms with Gasteiger partial charge in [-0.25, -0.2) is 0 Å². The van der Waals surface area contributed by atoms with Crippen molar-refractivity contribution in [2.24, 2.45) is 0 Å². The van der Waals surface area contributed by atoms with Crippen molar-refractivity contribution in [1.82, 2.24) is 0 Å². The van der Waals surface area contributed by atoms with Crippen LogP contribution in [0.4, 0.5) is 11.4 Å². The second-order valence-electron chi connectivity index (χ2n) is 6.20. The van der Waals surface area contributed by atoms with E-state index in [2.05, 4.69) is 34.9 Å². The van der Waals surface area contributed by atoms with E-state index in [0.717, 1.165) is 30.1 Å². The number of para-hydroxylation sites is 1. The van der Waals surface area contributed by atoms with Crippen molar-refractivity contribution < 1.29 is 9.53 Å². The minimum Gasteiger partial charge on any atom is -0.493 e. The van der Waals surface area contributed by atoms with Gasteiger partial charge in [-0.15, -0.1) is 0 Å². The monoisotopic (exact) mass is 360 g/mol. The lowest BCUT2D eigenvalue weighted by Crippen LogP contribution is -2.15. The van der Waals surface area contributed by atoms with Gasteiger partial charge in [0.2, 0.25) is 5.91 Å². The number of ether oxygens (including phenoxy) is 1. The average molecular weight is 360 g/mol. The first-order valence-corrected chi connectivity index (χ1v) is 9.15. The highest BCUT2D eigenvalue weighted by Crippen LogP contribution is 2.14. The maximum Gasteiger partial charge on any atom is 0.227 e. The molecule has 2 N–H and O–H groups in total. The van der Waals surface area contributed by atoms with Crippen LogP contribution in [-0.4, -0.2) is 19.1 Å². The van der Waals surface area contributed by atoms with E-state index >= 15 is 0 Å². The van der Waals surface area contributed by atoms with Gasteiger partial charge in [-0.05, 0) is 48.4 Å². The molecule has 4 heteroatoms. The molecule has 0 atom stereocenters. The van der Waals surface area contributed by atoms with Crippen LogP contribution in [0.25, 0.3) is 0 Å². The number of carbonyl (C=O) groups is 1. The molecule has 138 valence electrons. The van der Waals surface area contributed by atoms with Gasteiger partial charge in [-0.1, -0.05) is 48.5 Å². The Morgan fingerprint density at radius 1 is 0.778 bits per heavy atom. The van der Waals surface area contributed by atoms with Crippen molar-refractivity contribution in [3.63, 3.8) is 0 Å². The summed E-state index contributed by atoms with van der Waals surface area (Å²) in [5.41, 5.74) is 3.14. The van der Waals surface area contributed by atoms with Crippen molar-refractivity contribution in [3.05, 3.63) is 90.5 Å². The molecule has 0 unspecified atom stereocenters. The Labute approximate surface area is 160 Å². The molecule has 0 heterocycles. The summed E-state index contributed by atoms with van der Waals surface area (Å²) in [6, 6.07) is 27.6. The fraction of sp³-hybridized carbons (Fsp3) is 0.174. The molecule has 4 nitrogen and oxygen atoms in total. The molecule has 1 amide bonds. The first-order valence-electron chi connectivity index (χ1n) is 9.15. The van der Waals surface area contributed by atoms with Gasteiger partial charge in [0.1, 0.15) is 5.75 Å². The van der Waals surface area contributed by atoms with Crippen LogP contribution in [-0.2, 0) is 11.2 Å². The largest absolute Gasteiger partial charge is 0.493 e.